The van der Waals surface area contributed by atoms with Gasteiger partial charge in [0.1, 0.15) is 0 Å². The van der Waals surface area contributed by atoms with Crippen molar-refractivity contribution in [3.8, 4) is 0 Å². The van der Waals surface area contributed by atoms with Gasteiger partial charge in [-0.2, -0.15) is 0 Å². The van der Waals surface area contributed by atoms with Gasteiger partial charge in [-0.3, -0.25) is 0 Å². The maximum Gasteiger partial charge on any atom is -0.147 e. The number of rotatable bonds is 2. The van der Waals surface area contributed by atoms with E-state index in [0.717, 1.165) is 6.42 Å². The third kappa shape index (κ3) is 3.55. The van der Waals surface area contributed by atoms with Crippen LogP contribution in [0.4, 0.5) is 0 Å². The van der Waals surface area contributed by atoms with Crippen LogP contribution in [0.2, 0.25) is 9.26 Å². The molecule has 1 atom stereocenters. The first-order valence-electron chi connectivity index (χ1n) is 8.97. The minimum absolute atomic E-state index is 0. The maximum absolute atomic E-state index is 3.98. The molecule has 0 spiro atoms. The molecule has 0 fully saturated rings. The van der Waals surface area contributed by atoms with Crippen molar-refractivity contribution in [1.82, 2.24) is 0 Å². The van der Waals surface area contributed by atoms with Crippen LogP contribution in [0.25, 0.3) is 14.9 Å². The topological polar surface area (TPSA) is 0 Å². The van der Waals surface area contributed by atoms with E-state index in [1.165, 1.54) is 36.5 Å². The minimum atomic E-state index is -3.14. The molecule has 0 N–H and O–H groups in total. The third-order valence-corrected chi connectivity index (χ3v) is 24.6. The van der Waals surface area contributed by atoms with Crippen LogP contribution < -0.4 is 10.4 Å². The molecule has 0 amide bonds. The van der Waals surface area contributed by atoms with Gasteiger partial charge in [-0.05, 0) is 0 Å². The van der Waals surface area contributed by atoms with Crippen LogP contribution in [0.3, 0.4) is 0 Å². The Bertz CT molecular complexity index is 1120. The molecule has 0 radical (unpaired) electrons. The molecule has 0 nitrogen and oxygen atoms in total. The summed E-state index contributed by atoms with van der Waals surface area (Å²) in [6, 6.07) is 2.51. The van der Waals surface area contributed by atoms with Crippen LogP contribution >= 0.6 is 52.5 Å². The van der Waals surface area contributed by atoms with Gasteiger partial charge >= 0.3 is 167 Å². The van der Waals surface area contributed by atoms with E-state index in [9.17, 15) is 0 Å². The van der Waals surface area contributed by atoms with E-state index in [1.807, 2.05) is 11.8 Å². The number of allylic oxidation sites excluding steroid dienone is 5. The van der Waals surface area contributed by atoms with Crippen LogP contribution in [0.5, 0.6) is 0 Å². The van der Waals surface area contributed by atoms with E-state index in [-0.39, 0.29) is 24.8 Å². The minimum Gasteiger partial charge on any atom is -0.147 e. The molecular weight excluding hydrogens is 554 g/mol. The Balaban J connectivity index is 0.00000131. The summed E-state index contributed by atoms with van der Waals surface area (Å²) in [4.78, 5) is 1.46. The average Bonchev–Trinajstić information content (AvgIpc) is 3.19. The van der Waals surface area contributed by atoms with Crippen LogP contribution in [-0.4, -0.2) is 12.1 Å². The van der Waals surface area contributed by atoms with Crippen molar-refractivity contribution < 1.29 is 17.4 Å². The average molecular weight is 582 g/mol. The molecule has 0 bridgehead atoms. The van der Waals surface area contributed by atoms with E-state index in [1.54, 1.807) is 6.56 Å². The van der Waals surface area contributed by atoms with E-state index < -0.39 is 17.4 Å². The Morgan fingerprint density at radius 3 is 2.48 bits per heavy atom. The van der Waals surface area contributed by atoms with Crippen molar-refractivity contribution in [3.05, 3.63) is 53.6 Å². The molecular formula is C21H27BrCl2SSiZr. The summed E-state index contributed by atoms with van der Waals surface area (Å²) in [6.07, 6.45) is 10.6. The molecule has 4 rings (SSSR count). The number of hydrogen-bond acceptors (Lipinski definition) is 1. The standard InChI is InChI=1S/C14H12BrS.C5H5.2CH3.2ClH.H2Si.Zr/c1-7-4-10-6-12-13(8(2)9(3)16-12)14(15)11(10)5-7;1-2-4-5-3-1;;;;;;/h5-6,9H,1-3H3;1-3H,4H2;2*1H3;2*1H;1H2;. The van der Waals surface area contributed by atoms with Crippen molar-refractivity contribution in [2.24, 2.45) is 0 Å². The van der Waals surface area contributed by atoms with Gasteiger partial charge in [-0.1, -0.05) is 0 Å². The molecule has 27 heavy (non-hydrogen) atoms. The summed E-state index contributed by atoms with van der Waals surface area (Å²) in [5, 5.41) is 3.54. The second kappa shape index (κ2) is 7.75. The van der Waals surface area contributed by atoms with Crippen molar-refractivity contribution in [2.75, 3.05) is 0 Å². The predicted octanol–water partition coefficient (Wildman–Crippen LogP) is 5.66. The van der Waals surface area contributed by atoms with E-state index in [4.69, 9.17) is 0 Å². The smallest absolute Gasteiger partial charge is 0.147 e. The molecule has 146 valence electrons. The normalized spacial score (nSPS) is 20.6. The fourth-order valence-electron chi connectivity index (χ4n) is 4.70. The Morgan fingerprint density at radius 1 is 1.22 bits per heavy atom. The van der Waals surface area contributed by atoms with E-state index >= 15 is 0 Å². The number of halogens is 3. The van der Waals surface area contributed by atoms with Crippen LogP contribution in [-0.2, 0) is 17.4 Å². The number of benzene rings is 1. The number of fused-ring (bicyclic) bond motifs is 2. The molecule has 2 aliphatic carbocycles. The van der Waals surface area contributed by atoms with Gasteiger partial charge in [0.25, 0.3) is 0 Å². The second-order valence-corrected chi connectivity index (χ2v) is 39.4. The molecule has 1 unspecified atom stereocenters. The predicted molar refractivity (Wildman–Crippen MR) is 131 cm³/mol. The van der Waals surface area contributed by atoms with E-state index in [2.05, 4.69) is 83.2 Å². The van der Waals surface area contributed by atoms with Gasteiger partial charge in [0, 0.05) is 0 Å². The maximum atomic E-state index is 3.98. The molecule has 6 heteroatoms. The second-order valence-electron chi connectivity index (χ2n) is 8.68. The van der Waals surface area contributed by atoms with Gasteiger partial charge in [0.05, 0.1) is 0 Å². The molecule has 1 aliphatic heterocycles. The number of hydrogen-bond donors (Lipinski definition) is 0. The van der Waals surface area contributed by atoms with Gasteiger partial charge in [0.15, 0.2) is 0 Å². The zero-order valence-electron chi connectivity index (χ0n) is 16.5. The summed E-state index contributed by atoms with van der Waals surface area (Å²) in [5.41, 5.74) is 4.42. The van der Waals surface area contributed by atoms with Crippen molar-refractivity contribution >= 4 is 74.3 Å². The van der Waals surface area contributed by atoms with Crippen molar-refractivity contribution in [2.45, 2.75) is 46.6 Å². The van der Waals surface area contributed by atoms with Crippen molar-refractivity contribution in [3.63, 3.8) is 0 Å². The Hall–Kier alpha value is 0.690. The molecule has 1 aromatic rings. The van der Waals surface area contributed by atoms with Gasteiger partial charge in [0.2, 0.25) is 0 Å². The Kier molecular flexibility index (Phi) is 6.87. The fraction of sp³-hybridized carbons (Fsp3) is 0.333. The summed E-state index contributed by atoms with van der Waals surface area (Å²) in [7, 11) is 0. The largest absolute Gasteiger partial charge is 0.147 e. The molecule has 1 heterocycles. The summed E-state index contributed by atoms with van der Waals surface area (Å²) in [5.74, 6) is 0. The number of thioether (sulfide) groups is 1. The first-order valence-corrected chi connectivity index (χ1v) is 23.9. The molecule has 0 saturated carbocycles. The zero-order chi connectivity index (χ0) is 18.2. The molecule has 0 aromatic heterocycles. The van der Waals surface area contributed by atoms with Crippen molar-refractivity contribution in [1.29, 1.82) is 0 Å². The molecule has 0 saturated heterocycles. The quantitative estimate of drug-likeness (QED) is 0.407. The van der Waals surface area contributed by atoms with Crippen LogP contribution in [0.1, 0.15) is 32.8 Å². The summed E-state index contributed by atoms with van der Waals surface area (Å²) < 4.78 is 9.97. The van der Waals surface area contributed by atoms with Crippen LogP contribution in [0.15, 0.2) is 42.5 Å². The SMILES string of the molecule is CC1=Cc2c(Br)c3c(cc2=[C]1[Zr]([CH3])([CH3])(=[SiH2])[C]1=CC=CC1)SC(C)C=3C.Cl.Cl. The summed E-state index contributed by atoms with van der Waals surface area (Å²) in [6.45, 7) is 9.29. The first kappa shape index (κ1) is 24.0. The first-order chi connectivity index (χ1) is 11.6. The molecule has 1 aromatic carbocycles. The monoisotopic (exact) mass is 578 g/mol. The third-order valence-electron chi connectivity index (χ3n) is 6.20. The van der Waals surface area contributed by atoms with Gasteiger partial charge < -0.3 is 0 Å². The Labute approximate surface area is 190 Å². The Morgan fingerprint density at radius 2 is 1.89 bits per heavy atom. The molecule has 3 aliphatic rings. The fourth-order valence-corrected chi connectivity index (χ4v) is 21.4. The van der Waals surface area contributed by atoms with Crippen LogP contribution in [0, 0.1) is 0 Å². The van der Waals surface area contributed by atoms with Gasteiger partial charge in [-0.25, -0.2) is 0 Å². The van der Waals surface area contributed by atoms with Gasteiger partial charge in [-0.15, -0.1) is 24.8 Å². The summed E-state index contributed by atoms with van der Waals surface area (Å²) >= 11 is 2.86. The zero-order valence-corrected chi connectivity index (χ0v) is 24.4. The van der Waals surface area contributed by atoms with E-state index in [0.29, 0.717) is 5.25 Å².